The number of rotatable bonds is 8. The first-order valence-corrected chi connectivity index (χ1v) is 8.29. The third-order valence-electron chi connectivity index (χ3n) is 3.74. The third kappa shape index (κ3) is 5.27. The van der Waals surface area contributed by atoms with Crippen LogP contribution < -0.4 is 4.74 Å². The Bertz CT molecular complexity index is 645. The normalized spacial score (nSPS) is 12.1. The molecule has 1 unspecified atom stereocenters. The Morgan fingerprint density at radius 2 is 1.71 bits per heavy atom. The Kier molecular flexibility index (Phi) is 7.09. The number of esters is 1. The van der Waals surface area contributed by atoms with Gasteiger partial charge in [-0.15, -0.1) is 0 Å². The summed E-state index contributed by atoms with van der Waals surface area (Å²) < 4.78 is 10.8. The molecule has 24 heavy (non-hydrogen) atoms. The molecule has 0 heterocycles. The SMILES string of the molecule is C/C=C/COc1ccc(C(CC(=O)OCC)c2ccccc2)cc1. The molecule has 0 fully saturated rings. The quantitative estimate of drug-likeness (QED) is 0.520. The minimum Gasteiger partial charge on any atom is -0.490 e. The summed E-state index contributed by atoms with van der Waals surface area (Å²) in [5.41, 5.74) is 2.18. The van der Waals surface area contributed by atoms with Gasteiger partial charge in [0.2, 0.25) is 0 Å². The average molecular weight is 324 g/mol. The van der Waals surface area contributed by atoms with Gasteiger partial charge in [0, 0.05) is 5.92 Å². The molecule has 0 aliphatic heterocycles. The number of hydrogen-bond acceptors (Lipinski definition) is 3. The van der Waals surface area contributed by atoms with Crippen LogP contribution in [0.3, 0.4) is 0 Å². The van der Waals surface area contributed by atoms with Crippen LogP contribution in [-0.4, -0.2) is 19.2 Å². The van der Waals surface area contributed by atoms with E-state index in [0.29, 0.717) is 19.6 Å². The monoisotopic (exact) mass is 324 g/mol. The lowest BCUT2D eigenvalue weighted by molar-refractivity contribution is -0.143. The summed E-state index contributed by atoms with van der Waals surface area (Å²) in [5, 5.41) is 0. The van der Waals surface area contributed by atoms with Gasteiger partial charge in [0.05, 0.1) is 13.0 Å². The molecule has 0 saturated heterocycles. The van der Waals surface area contributed by atoms with Crippen molar-refractivity contribution in [1.82, 2.24) is 0 Å². The molecule has 2 aromatic rings. The Morgan fingerprint density at radius 1 is 1.04 bits per heavy atom. The molecular formula is C21H24O3. The zero-order chi connectivity index (χ0) is 17.2. The van der Waals surface area contributed by atoms with Crippen LogP contribution in [0.15, 0.2) is 66.7 Å². The lowest BCUT2D eigenvalue weighted by Gasteiger charge is -2.17. The smallest absolute Gasteiger partial charge is 0.306 e. The van der Waals surface area contributed by atoms with Crippen LogP contribution in [0.25, 0.3) is 0 Å². The van der Waals surface area contributed by atoms with Crippen molar-refractivity contribution in [3.63, 3.8) is 0 Å². The highest BCUT2D eigenvalue weighted by Crippen LogP contribution is 2.29. The number of ether oxygens (including phenoxy) is 2. The standard InChI is InChI=1S/C21H24O3/c1-3-5-15-24-19-13-11-18(12-14-19)20(16-21(22)23-4-2)17-9-7-6-8-10-17/h3,5-14,20H,4,15-16H2,1-2H3/b5-3+. The molecule has 2 rings (SSSR count). The third-order valence-corrected chi connectivity index (χ3v) is 3.74. The van der Waals surface area contributed by atoms with E-state index in [1.807, 2.05) is 80.6 Å². The van der Waals surface area contributed by atoms with E-state index < -0.39 is 0 Å². The van der Waals surface area contributed by atoms with Crippen LogP contribution in [0, 0.1) is 0 Å². The Morgan fingerprint density at radius 3 is 2.33 bits per heavy atom. The molecule has 0 aliphatic rings. The summed E-state index contributed by atoms with van der Waals surface area (Å²) in [6.45, 7) is 4.75. The van der Waals surface area contributed by atoms with Crippen molar-refractivity contribution in [3.05, 3.63) is 77.9 Å². The maximum atomic E-state index is 12.0. The number of hydrogen-bond donors (Lipinski definition) is 0. The highest BCUT2D eigenvalue weighted by atomic mass is 16.5. The van der Waals surface area contributed by atoms with Crippen molar-refractivity contribution in [1.29, 1.82) is 0 Å². The van der Waals surface area contributed by atoms with Gasteiger partial charge in [-0.3, -0.25) is 4.79 Å². The molecular weight excluding hydrogens is 300 g/mol. The van der Waals surface area contributed by atoms with E-state index in [1.165, 1.54) is 0 Å². The fourth-order valence-electron chi connectivity index (χ4n) is 2.54. The minimum absolute atomic E-state index is 0.0187. The van der Waals surface area contributed by atoms with Gasteiger partial charge in [0.15, 0.2) is 0 Å². The highest BCUT2D eigenvalue weighted by Gasteiger charge is 2.19. The molecule has 0 aromatic heterocycles. The fraction of sp³-hybridized carbons (Fsp3) is 0.286. The van der Waals surface area contributed by atoms with Crippen LogP contribution in [0.1, 0.15) is 37.3 Å². The molecule has 2 aromatic carbocycles. The molecule has 0 N–H and O–H groups in total. The van der Waals surface area contributed by atoms with Gasteiger partial charge in [-0.25, -0.2) is 0 Å². The van der Waals surface area contributed by atoms with Gasteiger partial charge in [-0.1, -0.05) is 54.6 Å². The van der Waals surface area contributed by atoms with E-state index >= 15 is 0 Å². The van der Waals surface area contributed by atoms with Gasteiger partial charge in [0.1, 0.15) is 12.4 Å². The average Bonchev–Trinajstić information content (AvgIpc) is 2.62. The molecule has 3 heteroatoms. The van der Waals surface area contributed by atoms with E-state index in [-0.39, 0.29) is 11.9 Å². The lowest BCUT2D eigenvalue weighted by Crippen LogP contribution is -2.11. The molecule has 3 nitrogen and oxygen atoms in total. The molecule has 1 atom stereocenters. The van der Waals surface area contributed by atoms with Gasteiger partial charge >= 0.3 is 5.97 Å². The first kappa shape index (κ1) is 17.8. The first-order valence-electron chi connectivity index (χ1n) is 8.29. The molecule has 0 bridgehead atoms. The molecule has 0 spiro atoms. The summed E-state index contributed by atoms with van der Waals surface area (Å²) in [6.07, 6.45) is 4.25. The van der Waals surface area contributed by atoms with Gasteiger partial charge < -0.3 is 9.47 Å². The summed E-state index contributed by atoms with van der Waals surface area (Å²) in [5.74, 6) is 0.620. The maximum Gasteiger partial charge on any atom is 0.306 e. The topological polar surface area (TPSA) is 35.5 Å². The van der Waals surface area contributed by atoms with Crippen LogP contribution in [0.4, 0.5) is 0 Å². The number of allylic oxidation sites excluding steroid dienone is 1. The Labute approximate surface area is 143 Å². The highest BCUT2D eigenvalue weighted by molar-refractivity contribution is 5.71. The van der Waals surface area contributed by atoms with Crippen LogP contribution >= 0.6 is 0 Å². The van der Waals surface area contributed by atoms with Gasteiger partial charge in [-0.2, -0.15) is 0 Å². The van der Waals surface area contributed by atoms with Crippen LogP contribution in [0.2, 0.25) is 0 Å². The van der Waals surface area contributed by atoms with Crippen molar-refractivity contribution < 1.29 is 14.3 Å². The van der Waals surface area contributed by atoms with Crippen molar-refractivity contribution in [3.8, 4) is 5.75 Å². The second-order valence-electron chi connectivity index (χ2n) is 5.42. The number of carbonyl (C=O) groups is 1. The summed E-state index contributed by atoms with van der Waals surface area (Å²) in [7, 11) is 0. The van der Waals surface area contributed by atoms with Crippen molar-refractivity contribution in [2.24, 2.45) is 0 Å². The molecule has 0 aliphatic carbocycles. The summed E-state index contributed by atoms with van der Waals surface area (Å²) in [4.78, 5) is 12.0. The summed E-state index contributed by atoms with van der Waals surface area (Å²) >= 11 is 0. The zero-order valence-electron chi connectivity index (χ0n) is 14.3. The van der Waals surface area contributed by atoms with Crippen molar-refractivity contribution in [2.75, 3.05) is 13.2 Å². The van der Waals surface area contributed by atoms with E-state index in [4.69, 9.17) is 9.47 Å². The molecule has 0 saturated carbocycles. The van der Waals surface area contributed by atoms with E-state index in [1.54, 1.807) is 0 Å². The van der Waals surface area contributed by atoms with Crippen molar-refractivity contribution >= 4 is 5.97 Å². The van der Waals surface area contributed by atoms with E-state index in [0.717, 1.165) is 16.9 Å². The predicted molar refractivity (Wildman–Crippen MR) is 96.3 cm³/mol. The largest absolute Gasteiger partial charge is 0.490 e. The first-order chi connectivity index (χ1) is 11.7. The molecule has 0 radical (unpaired) electrons. The second kappa shape index (κ2) is 9.56. The van der Waals surface area contributed by atoms with Crippen molar-refractivity contribution in [2.45, 2.75) is 26.2 Å². The van der Waals surface area contributed by atoms with Gasteiger partial charge in [0.25, 0.3) is 0 Å². The predicted octanol–water partition coefficient (Wildman–Crippen LogP) is 4.73. The molecule has 0 amide bonds. The Balaban J connectivity index is 2.18. The fourth-order valence-corrected chi connectivity index (χ4v) is 2.54. The molecule has 126 valence electrons. The maximum absolute atomic E-state index is 12.0. The zero-order valence-corrected chi connectivity index (χ0v) is 14.3. The van der Waals surface area contributed by atoms with E-state index in [2.05, 4.69) is 0 Å². The minimum atomic E-state index is -0.181. The van der Waals surface area contributed by atoms with E-state index in [9.17, 15) is 4.79 Å². The Hall–Kier alpha value is -2.55. The number of benzene rings is 2. The number of carbonyl (C=O) groups excluding carboxylic acids is 1. The van der Waals surface area contributed by atoms with Crippen LogP contribution in [0.5, 0.6) is 5.75 Å². The van der Waals surface area contributed by atoms with Gasteiger partial charge in [-0.05, 0) is 37.1 Å². The van der Waals surface area contributed by atoms with Crippen LogP contribution in [-0.2, 0) is 9.53 Å². The lowest BCUT2D eigenvalue weighted by atomic mass is 9.88. The second-order valence-corrected chi connectivity index (χ2v) is 5.42. The summed E-state index contributed by atoms with van der Waals surface area (Å²) in [6, 6.07) is 18.0.